The lowest BCUT2D eigenvalue weighted by Crippen LogP contribution is -2.19. The van der Waals surface area contributed by atoms with E-state index in [0.717, 1.165) is 0 Å². The second-order valence-electron chi connectivity index (χ2n) is 3.39. The van der Waals surface area contributed by atoms with Gasteiger partial charge in [-0.25, -0.2) is 0 Å². The van der Waals surface area contributed by atoms with Gasteiger partial charge in [0, 0.05) is 15.6 Å². The van der Waals surface area contributed by atoms with Crippen molar-refractivity contribution in [2.45, 2.75) is 6.42 Å². The first kappa shape index (κ1) is 11.2. The van der Waals surface area contributed by atoms with Gasteiger partial charge < -0.3 is 0 Å². The molecule has 1 aliphatic heterocycles. The molecule has 1 aliphatic rings. The lowest BCUT2D eigenvalue weighted by Gasteiger charge is -1.99. The van der Waals surface area contributed by atoms with Gasteiger partial charge in [0.15, 0.2) is 0 Å². The largest absolute Gasteiger partial charge is 0.292 e. The normalized spacial score (nSPS) is 18.0. The molecule has 0 spiro atoms. The summed E-state index contributed by atoms with van der Waals surface area (Å²) in [5.41, 5.74) is 1.08. The van der Waals surface area contributed by atoms with Gasteiger partial charge in [-0.15, -0.1) is 0 Å². The molecule has 82 valence electrons. The Kier molecular flexibility index (Phi) is 2.99. The molecule has 5 heteroatoms. The number of carbonyl (C=O) groups is 2. The van der Waals surface area contributed by atoms with E-state index in [4.69, 9.17) is 23.2 Å². The highest BCUT2D eigenvalue weighted by atomic mass is 35.5. The molecule has 2 amide bonds. The second-order valence-corrected chi connectivity index (χ2v) is 4.23. The van der Waals surface area contributed by atoms with Gasteiger partial charge in [-0.05, 0) is 23.8 Å². The molecular formula is C11H7Cl2NO2. The number of halogens is 2. The molecule has 0 atom stereocenters. The summed E-state index contributed by atoms with van der Waals surface area (Å²) in [5.74, 6) is -0.655. The first-order valence-electron chi connectivity index (χ1n) is 4.56. The van der Waals surface area contributed by atoms with Crippen molar-refractivity contribution < 1.29 is 9.59 Å². The fraction of sp³-hybridized carbons (Fsp3) is 0.0909. The van der Waals surface area contributed by atoms with E-state index in [1.165, 1.54) is 0 Å². The van der Waals surface area contributed by atoms with E-state index >= 15 is 0 Å². The molecule has 16 heavy (non-hydrogen) atoms. The fourth-order valence-corrected chi connectivity index (χ4v) is 1.89. The lowest BCUT2D eigenvalue weighted by atomic mass is 10.1. The van der Waals surface area contributed by atoms with Gasteiger partial charge >= 0.3 is 0 Å². The van der Waals surface area contributed by atoms with Crippen LogP contribution >= 0.6 is 23.2 Å². The van der Waals surface area contributed by atoms with Crippen LogP contribution in [0.4, 0.5) is 0 Å². The molecule has 1 saturated heterocycles. The Balaban J connectivity index is 2.36. The van der Waals surface area contributed by atoms with E-state index in [0.29, 0.717) is 21.2 Å². The first-order valence-corrected chi connectivity index (χ1v) is 5.31. The third kappa shape index (κ3) is 2.26. The zero-order valence-corrected chi connectivity index (χ0v) is 9.60. The van der Waals surface area contributed by atoms with Gasteiger partial charge in [-0.2, -0.15) is 0 Å². The minimum absolute atomic E-state index is 0.0950. The Labute approximate surface area is 102 Å². The molecule has 0 aliphatic carbocycles. The van der Waals surface area contributed by atoms with Gasteiger partial charge in [0.05, 0.1) is 6.42 Å². The summed E-state index contributed by atoms with van der Waals surface area (Å²) in [4.78, 5) is 22.3. The smallest absolute Gasteiger partial charge is 0.254 e. The van der Waals surface area contributed by atoms with Crippen LogP contribution in [0.5, 0.6) is 0 Å². The van der Waals surface area contributed by atoms with Crippen LogP contribution in [-0.4, -0.2) is 11.8 Å². The number of rotatable bonds is 1. The number of hydrogen-bond donors (Lipinski definition) is 1. The summed E-state index contributed by atoms with van der Waals surface area (Å²) < 4.78 is 0. The molecular weight excluding hydrogens is 249 g/mol. The molecule has 1 fully saturated rings. The molecule has 0 aromatic heterocycles. The SMILES string of the molecule is O=C1CC(=Cc2ccc(Cl)cc2Cl)C(=O)N1. The molecule has 0 unspecified atom stereocenters. The molecule has 2 rings (SSSR count). The van der Waals surface area contributed by atoms with Gasteiger partial charge in [-0.3, -0.25) is 14.9 Å². The Morgan fingerprint density at radius 3 is 2.56 bits per heavy atom. The van der Waals surface area contributed by atoms with E-state index in [2.05, 4.69) is 5.32 Å². The van der Waals surface area contributed by atoms with Gasteiger partial charge in [-0.1, -0.05) is 29.3 Å². The maximum Gasteiger partial charge on any atom is 0.254 e. The number of carbonyl (C=O) groups excluding carboxylic acids is 2. The number of benzene rings is 1. The number of hydrogen-bond acceptors (Lipinski definition) is 2. The van der Waals surface area contributed by atoms with Crippen molar-refractivity contribution in [1.29, 1.82) is 0 Å². The third-order valence-electron chi connectivity index (χ3n) is 2.19. The van der Waals surface area contributed by atoms with Crippen molar-refractivity contribution in [3.8, 4) is 0 Å². The van der Waals surface area contributed by atoms with Crippen LogP contribution in [0.15, 0.2) is 23.8 Å². The Bertz CT molecular complexity index is 509. The predicted molar refractivity (Wildman–Crippen MR) is 62.2 cm³/mol. The molecule has 0 bridgehead atoms. The molecule has 3 nitrogen and oxygen atoms in total. The van der Waals surface area contributed by atoms with Crippen LogP contribution in [0.1, 0.15) is 12.0 Å². The van der Waals surface area contributed by atoms with Gasteiger partial charge in [0.25, 0.3) is 5.91 Å². The van der Waals surface area contributed by atoms with E-state index in [1.807, 2.05) is 0 Å². The average molecular weight is 256 g/mol. The van der Waals surface area contributed by atoms with Crippen LogP contribution in [0.3, 0.4) is 0 Å². The van der Waals surface area contributed by atoms with E-state index < -0.39 is 0 Å². The number of amides is 2. The maximum atomic E-state index is 11.3. The quantitative estimate of drug-likeness (QED) is 0.619. The van der Waals surface area contributed by atoms with Crippen molar-refractivity contribution in [2.75, 3.05) is 0 Å². The summed E-state index contributed by atoms with van der Waals surface area (Å²) in [6.07, 6.45) is 1.69. The van der Waals surface area contributed by atoms with Crippen molar-refractivity contribution in [2.24, 2.45) is 0 Å². The van der Waals surface area contributed by atoms with Gasteiger partial charge in [0.2, 0.25) is 5.91 Å². The minimum atomic E-state index is -0.365. The molecule has 1 aromatic carbocycles. The first-order chi connectivity index (χ1) is 7.56. The zero-order valence-electron chi connectivity index (χ0n) is 8.09. The molecule has 1 aromatic rings. The lowest BCUT2D eigenvalue weighted by molar-refractivity contribution is -0.124. The van der Waals surface area contributed by atoms with Crippen LogP contribution in [0.2, 0.25) is 10.0 Å². The highest BCUT2D eigenvalue weighted by Crippen LogP contribution is 2.24. The van der Waals surface area contributed by atoms with Crippen molar-refractivity contribution in [3.63, 3.8) is 0 Å². The third-order valence-corrected chi connectivity index (χ3v) is 2.75. The number of nitrogens with one attached hydrogen (secondary N) is 1. The van der Waals surface area contributed by atoms with E-state index in [1.54, 1.807) is 24.3 Å². The van der Waals surface area contributed by atoms with Crippen molar-refractivity contribution in [3.05, 3.63) is 39.4 Å². The second kappa shape index (κ2) is 4.28. The predicted octanol–water partition coefficient (Wildman–Crippen LogP) is 2.42. The Morgan fingerprint density at radius 1 is 1.25 bits per heavy atom. The highest BCUT2D eigenvalue weighted by Gasteiger charge is 2.23. The van der Waals surface area contributed by atoms with E-state index in [9.17, 15) is 9.59 Å². The monoisotopic (exact) mass is 255 g/mol. The summed E-state index contributed by atoms with van der Waals surface area (Å²) in [6, 6.07) is 4.96. The van der Waals surface area contributed by atoms with Crippen LogP contribution in [-0.2, 0) is 9.59 Å². The summed E-state index contributed by atoms with van der Waals surface area (Å²) in [7, 11) is 0. The Morgan fingerprint density at radius 2 is 2.00 bits per heavy atom. The van der Waals surface area contributed by atoms with Crippen LogP contribution < -0.4 is 5.32 Å². The summed E-state index contributed by atoms with van der Waals surface area (Å²) in [6.45, 7) is 0. The topological polar surface area (TPSA) is 46.2 Å². The Hall–Kier alpha value is -1.32. The molecule has 1 N–H and O–H groups in total. The molecule has 0 radical (unpaired) electrons. The fourth-order valence-electron chi connectivity index (χ4n) is 1.43. The van der Waals surface area contributed by atoms with E-state index in [-0.39, 0.29) is 18.2 Å². The average Bonchev–Trinajstić information content (AvgIpc) is 2.50. The van der Waals surface area contributed by atoms with Crippen LogP contribution in [0, 0.1) is 0 Å². The van der Waals surface area contributed by atoms with Crippen LogP contribution in [0.25, 0.3) is 6.08 Å². The molecule has 1 heterocycles. The summed E-state index contributed by atoms with van der Waals surface area (Å²) in [5, 5.41) is 3.18. The zero-order chi connectivity index (χ0) is 11.7. The molecule has 0 saturated carbocycles. The minimum Gasteiger partial charge on any atom is -0.292 e. The van der Waals surface area contributed by atoms with Crippen molar-refractivity contribution in [1.82, 2.24) is 5.32 Å². The number of imide groups is 1. The maximum absolute atomic E-state index is 11.3. The van der Waals surface area contributed by atoms with Crippen molar-refractivity contribution >= 4 is 41.1 Å². The van der Waals surface area contributed by atoms with Gasteiger partial charge in [0.1, 0.15) is 0 Å². The highest BCUT2D eigenvalue weighted by molar-refractivity contribution is 6.35. The summed E-state index contributed by atoms with van der Waals surface area (Å²) >= 11 is 11.7. The standard InChI is InChI=1S/C11H7Cl2NO2/c12-8-2-1-6(9(13)5-8)3-7-4-10(15)14-11(7)16/h1-3,5H,4H2,(H,14,15,16).